The minimum absolute atomic E-state index is 0.00175. The van der Waals surface area contributed by atoms with E-state index in [0.717, 1.165) is 33.3 Å². The summed E-state index contributed by atoms with van der Waals surface area (Å²) >= 11 is 0. The molecule has 3 N–H and O–H groups in total. The van der Waals surface area contributed by atoms with Crippen molar-refractivity contribution in [2.75, 3.05) is 25.5 Å². The number of benzene rings is 2. The number of carbonyl (C=O) groups is 1. The lowest BCUT2D eigenvalue weighted by Crippen LogP contribution is -2.53. The SMILES string of the molecule is COc1cc(C)c2[nH]ccc2c1CN1CCC2(CC1c1ccc(C(=O)O)cc1NCC#N)CC(F)(F)C2. The molecule has 0 bridgehead atoms. The van der Waals surface area contributed by atoms with Crippen LogP contribution in [0, 0.1) is 23.7 Å². The Labute approximate surface area is 214 Å². The van der Waals surface area contributed by atoms with Crippen molar-refractivity contribution in [1.29, 1.82) is 5.26 Å². The van der Waals surface area contributed by atoms with Crippen LogP contribution in [0.15, 0.2) is 36.5 Å². The molecule has 1 atom stereocenters. The molecule has 1 aliphatic heterocycles. The lowest BCUT2D eigenvalue weighted by atomic mass is 9.58. The Morgan fingerprint density at radius 3 is 2.78 bits per heavy atom. The van der Waals surface area contributed by atoms with Crippen LogP contribution in [0.1, 0.15) is 58.8 Å². The van der Waals surface area contributed by atoms with Gasteiger partial charge in [0.05, 0.1) is 18.7 Å². The molecule has 1 saturated heterocycles. The molecule has 9 heteroatoms. The number of aromatic amines is 1. The van der Waals surface area contributed by atoms with E-state index in [1.54, 1.807) is 19.2 Å². The number of hydrogen-bond acceptors (Lipinski definition) is 5. The Kier molecular flexibility index (Phi) is 6.32. The molecule has 2 aromatic carbocycles. The van der Waals surface area contributed by atoms with E-state index in [-0.39, 0.29) is 31.0 Å². The highest BCUT2D eigenvalue weighted by Gasteiger charge is 2.58. The maximum Gasteiger partial charge on any atom is 0.335 e. The highest BCUT2D eigenvalue weighted by Crippen LogP contribution is 2.61. The first-order valence-corrected chi connectivity index (χ1v) is 12.4. The fraction of sp³-hybridized carbons (Fsp3) is 0.429. The number of ether oxygens (including phenoxy) is 1. The number of fused-ring (bicyclic) bond motifs is 1. The predicted octanol–water partition coefficient (Wildman–Crippen LogP) is 5.87. The third-order valence-corrected chi connectivity index (χ3v) is 7.97. The highest BCUT2D eigenvalue weighted by molar-refractivity contribution is 5.89. The van der Waals surface area contributed by atoms with Gasteiger partial charge in [-0.05, 0) is 67.1 Å². The van der Waals surface area contributed by atoms with Gasteiger partial charge in [-0.25, -0.2) is 13.6 Å². The molecule has 2 aliphatic rings. The van der Waals surface area contributed by atoms with E-state index in [1.165, 1.54) is 6.07 Å². The second-order valence-corrected chi connectivity index (χ2v) is 10.4. The van der Waals surface area contributed by atoms with E-state index in [2.05, 4.69) is 15.2 Å². The first-order chi connectivity index (χ1) is 17.6. The van der Waals surface area contributed by atoms with Crippen molar-refractivity contribution in [2.45, 2.75) is 51.1 Å². The van der Waals surface area contributed by atoms with Crippen molar-refractivity contribution < 1.29 is 23.4 Å². The number of alkyl halides is 2. The molecule has 0 amide bonds. The van der Waals surface area contributed by atoms with E-state index in [9.17, 15) is 18.7 Å². The van der Waals surface area contributed by atoms with Crippen LogP contribution in [0.2, 0.25) is 0 Å². The number of hydrogen-bond donors (Lipinski definition) is 3. The number of nitrogens with one attached hydrogen (secondary N) is 2. The zero-order valence-electron chi connectivity index (χ0n) is 20.9. The van der Waals surface area contributed by atoms with Crippen molar-refractivity contribution in [3.63, 3.8) is 0 Å². The van der Waals surface area contributed by atoms with Gasteiger partial charge in [0.25, 0.3) is 0 Å². The van der Waals surface area contributed by atoms with Gasteiger partial charge in [-0.1, -0.05) is 6.07 Å². The van der Waals surface area contributed by atoms with E-state index in [1.807, 2.05) is 31.3 Å². The van der Waals surface area contributed by atoms with Crippen molar-refractivity contribution >= 4 is 22.6 Å². The van der Waals surface area contributed by atoms with E-state index >= 15 is 0 Å². The molecule has 7 nitrogen and oxygen atoms in total. The number of likely N-dealkylation sites (tertiary alicyclic amines) is 1. The van der Waals surface area contributed by atoms with Gasteiger partial charge in [0, 0.05) is 53.8 Å². The largest absolute Gasteiger partial charge is 0.496 e. The molecule has 0 radical (unpaired) electrons. The second-order valence-electron chi connectivity index (χ2n) is 10.4. The smallest absolute Gasteiger partial charge is 0.335 e. The summed E-state index contributed by atoms with van der Waals surface area (Å²) < 4.78 is 33.9. The van der Waals surface area contributed by atoms with Gasteiger partial charge in [0.15, 0.2) is 0 Å². The third-order valence-electron chi connectivity index (χ3n) is 7.97. The minimum Gasteiger partial charge on any atom is -0.496 e. The predicted molar refractivity (Wildman–Crippen MR) is 136 cm³/mol. The fourth-order valence-corrected chi connectivity index (χ4v) is 6.29. The summed E-state index contributed by atoms with van der Waals surface area (Å²) in [5, 5.41) is 22.8. The molecule has 5 rings (SSSR count). The topological polar surface area (TPSA) is 101 Å². The monoisotopic (exact) mass is 508 g/mol. The molecule has 1 aliphatic carbocycles. The summed E-state index contributed by atoms with van der Waals surface area (Å²) in [5.74, 6) is -2.94. The van der Waals surface area contributed by atoms with E-state index in [4.69, 9.17) is 10.00 Å². The molecule has 37 heavy (non-hydrogen) atoms. The van der Waals surface area contributed by atoms with Crippen LogP contribution in [-0.4, -0.2) is 47.1 Å². The lowest BCUT2D eigenvalue weighted by Gasteiger charge is -2.55. The van der Waals surface area contributed by atoms with Gasteiger partial charge in [-0.3, -0.25) is 4.90 Å². The van der Waals surface area contributed by atoms with Gasteiger partial charge < -0.3 is 20.1 Å². The van der Waals surface area contributed by atoms with Crippen LogP contribution >= 0.6 is 0 Å². The van der Waals surface area contributed by atoms with Crippen LogP contribution in [-0.2, 0) is 6.54 Å². The van der Waals surface area contributed by atoms with Crippen molar-refractivity contribution in [3.8, 4) is 11.8 Å². The van der Waals surface area contributed by atoms with Gasteiger partial charge in [0.1, 0.15) is 12.3 Å². The minimum atomic E-state index is -2.64. The average Bonchev–Trinajstić information content (AvgIpc) is 3.34. The number of aromatic nitrogens is 1. The Morgan fingerprint density at radius 2 is 2.11 bits per heavy atom. The summed E-state index contributed by atoms with van der Waals surface area (Å²) in [5.41, 5.74) is 4.11. The van der Waals surface area contributed by atoms with Crippen LogP contribution in [0.3, 0.4) is 0 Å². The Balaban J connectivity index is 1.57. The van der Waals surface area contributed by atoms with Crippen LogP contribution < -0.4 is 10.1 Å². The Hall–Kier alpha value is -3.64. The molecule has 1 saturated carbocycles. The first-order valence-electron chi connectivity index (χ1n) is 12.4. The molecular formula is C28H30F2N4O3. The molecule has 1 spiro atoms. The Bertz CT molecular complexity index is 1390. The number of aryl methyl sites for hydroxylation is 1. The van der Waals surface area contributed by atoms with Crippen LogP contribution in [0.25, 0.3) is 10.9 Å². The number of piperidine rings is 1. The number of carboxylic acids is 1. The molecule has 194 valence electrons. The maximum atomic E-state index is 14.1. The van der Waals surface area contributed by atoms with Gasteiger partial charge in [0.2, 0.25) is 5.92 Å². The van der Waals surface area contributed by atoms with Crippen LogP contribution in [0.4, 0.5) is 14.5 Å². The number of nitrogens with zero attached hydrogens (tertiary/aromatic N) is 2. The molecule has 1 aromatic heterocycles. The van der Waals surface area contributed by atoms with E-state index < -0.39 is 17.3 Å². The number of methoxy groups -OCH3 is 1. The summed E-state index contributed by atoms with van der Waals surface area (Å²) in [6, 6.07) is 10.7. The quantitative estimate of drug-likeness (QED) is 0.345. The molecule has 3 aromatic rings. The standard InChI is InChI=1S/C28H30F2N4O3/c1-17-11-24(37-2)21(19-5-8-33-25(17)19)14-34-10-6-27(15-28(29,30)16-27)13-23(34)20-4-3-18(26(35)36)12-22(20)32-9-7-31/h3-5,8,11-12,23,32-33H,6,9-10,13-16H2,1-2H3,(H,35,36). The zero-order valence-corrected chi connectivity index (χ0v) is 20.9. The summed E-state index contributed by atoms with van der Waals surface area (Å²) in [6.45, 7) is 3.17. The number of halogens is 2. The molecule has 1 unspecified atom stereocenters. The van der Waals surface area contributed by atoms with Crippen molar-refractivity contribution in [3.05, 3.63) is 58.8 Å². The number of aromatic carboxylic acids is 1. The number of carboxylic acid groups (broad SMARTS) is 1. The number of H-pyrrole nitrogens is 1. The fourth-order valence-electron chi connectivity index (χ4n) is 6.29. The lowest BCUT2D eigenvalue weighted by molar-refractivity contribution is -0.186. The van der Waals surface area contributed by atoms with E-state index in [0.29, 0.717) is 31.6 Å². The summed E-state index contributed by atoms with van der Waals surface area (Å²) in [4.78, 5) is 17.2. The molecular weight excluding hydrogens is 478 g/mol. The van der Waals surface area contributed by atoms with Gasteiger partial charge in [-0.15, -0.1) is 0 Å². The Morgan fingerprint density at radius 1 is 1.32 bits per heavy atom. The number of rotatable bonds is 7. The van der Waals surface area contributed by atoms with Crippen molar-refractivity contribution in [2.24, 2.45) is 5.41 Å². The summed E-state index contributed by atoms with van der Waals surface area (Å²) in [6.07, 6.45) is 2.83. The van der Waals surface area contributed by atoms with Crippen molar-refractivity contribution in [1.82, 2.24) is 9.88 Å². The zero-order chi connectivity index (χ0) is 26.4. The molecule has 2 fully saturated rings. The highest BCUT2D eigenvalue weighted by atomic mass is 19.3. The third kappa shape index (κ3) is 4.62. The normalized spacial score (nSPS) is 20.4. The average molecular weight is 509 g/mol. The number of anilines is 1. The maximum absolute atomic E-state index is 14.1. The van der Waals surface area contributed by atoms with Crippen LogP contribution in [0.5, 0.6) is 5.75 Å². The number of nitriles is 1. The first kappa shape index (κ1) is 25.0. The summed E-state index contributed by atoms with van der Waals surface area (Å²) in [7, 11) is 1.64. The van der Waals surface area contributed by atoms with Gasteiger partial charge in [-0.2, -0.15) is 5.26 Å². The second kappa shape index (κ2) is 9.34. The molecule has 2 heterocycles. The van der Waals surface area contributed by atoms with Gasteiger partial charge >= 0.3 is 5.97 Å².